The largest absolute Gasteiger partial charge is 0.330 e. The van der Waals surface area contributed by atoms with Gasteiger partial charge in [-0.25, -0.2) is 0 Å². The highest BCUT2D eigenvalue weighted by atomic mass is 16.2. The van der Waals surface area contributed by atoms with Crippen molar-refractivity contribution in [3.63, 3.8) is 0 Å². The molecule has 1 rings (SSSR count). The molecule has 15 heavy (non-hydrogen) atoms. The molecule has 0 aliphatic rings. The minimum atomic E-state index is 0.126. The van der Waals surface area contributed by atoms with Crippen LogP contribution in [0.1, 0.15) is 18.9 Å². The second-order valence-electron chi connectivity index (χ2n) is 3.51. The van der Waals surface area contributed by atoms with Crippen molar-refractivity contribution in [1.82, 2.24) is 0 Å². The zero-order chi connectivity index (χ0) is 11.3. The smallest absolute Gasteiger partial charge is 0.226 e. The molecule has 0 bridgehead atoms. The van der Waals surface area contributed by atoms with E-state index < -0.39 is 0 Å². The summed E-state index contributed by atoms with van der Waals surface area (Å²) in [6.45, 7) is 2.52. The van der Waals surface area contributed by atoms with E-state index in [4.69, 9.17) is 5.73 Å². The monoisotopic (exact) mass is 206 g/mol. The quantitative estimate of drug-likeness (QED) is 0.812. The van der Waals surface area contributed by atoms with Crippen LogP contribution < -0.4 is 10.6 Å². The maximum absolute atomic E-state index is 11.4. The van der Waals surface area contributed by atoms with Crippen molar-refractivity contribution >= 4 is 11.6 Å². The standard InChI is InChI=1S/C12H18N2O/c1-3-12(15)14(2)11-6-4-10(5-7-11)8-9-13/h4-7H,3,8-9,13H2,1-2H3. The van der Waals surface area contributed by atoms with E-state index in [1.54, 1.807) is 11.9 Å². The van der Waals surface area contributed by atoms with Gasteiger partial charge in [-0.05, 0) is 30.7 Å². The molecule has 3 nitrogen and oxygen atoms in total. The zero-order valence-electron chi connectivity index (χ0n) is 9.36. The summed E-state index contributed by atoms with van der Waals surface area (Å²) < 4.78 is 0. The lowest BCUT2D eigenvalue weighted by molar-refractivity contribution is -0.118. The van der Waals surface area contributed by atoms with Gasteiger partial charge in [0, 0.05) is 19.2 Å². The molecule has 0 unspecified atom stereocenters. The first-order valence-electron chi connectivity index (χ1n) is 5.24. The number of amides is 1. The molecule has 0 radical (unpaired) electrons. The summed E-state index contributed by atoms with van der Waals surface area (Å²) in [5, 5.41) is 0. The van der Waals surface area contributed by atoms with Gasteiger partial charge in [0.1, 0.15) is 0 Å². The first-order valence-corrected chi connectivity index (χ1v) is 5.24. The van der Waals surface area contributed by atoms with E-state index in [1.807, 2.05) is 31.2 Å². The van der Waals surface area contributed by atoms with Gasteiger partial charge in [-0.2, -0.15) is 0 Å². The third-order valence-electron chi connectivity index (χ3n) is 2.43. The summed E-state index contributed by atoms with van der Waals surface area (Å²) in [5.41, 5.74) is 7.60. The minimum Gasteiger partial charge on any atom is -0.330 e. The number of rotatable bonds is 4. The van der Waals surface area contributed by atoms with Gasteiger partial charge in [0.25, 0.3) is 0 Å². The SMILES string of the molecule is CCC(=O)N(C)c1ccc(CCN)cc1. The summed E-state index contributed by atoms with van der Waals surface area (Å²) in [6, 6.07) is 7.94. The highest BCUT2D eigenvalue weighted by Crippen LogP contribution is 2.14. The van der Waals surface area contributed by atoms with E-state index >= 15 is 0 Å². The Morgan fingerprint density at radius 1 is 1.33 bits per heavy atom. The van der Waals surface area contributed by atoms with Crippen LogP contribution in [0.5, 0.6) is 0 Å². The fraction of sp³-hybridized carbons (Fsp3) is 0.417. The first kappa shape index (κ1) is 11.7. The summed E-state index contributed by atoms with van der Waals surface area (Å²) in [6.07, 6.45) is 1.41. The molecule has 0 fully saturated rings. The lowest BCUT2D eigenvalue weighted by Crippen LogP contribution is -2.24. The Bertz CT molecular complexity index is 319. The van der Waals surface area contributed by atoms with Crippen molar-refractivity contribution in [1.29, 1.82) is 0 Å². The van der Waals surface area contributed by atoms with Crippen LogP contribution in [0.4, 0.5) is 5.69 Å². The second-order valence-corrected chi connectivity index (χ2v) is 3.51. The van der Waals surface area contributed by atoms with Crippen molar-refractivity contribution in [2.45, 2.75) is 19.8 Å². The second kappa shape index (κ2) is 5.51. The summed E-state index contributed by atoms with van der Waals surface area (Å²) >= 11 is 0. The Hall–Kier alpha value is -1.35. The third-order valence-corrected chi connectivity index (χ3v) is 2.43. The molecule has 0 aliphatic heterocycles. The topological polar surface area (TPSA) is 46.3 Å². The van der Waals surface area contributed by atoms with Gasteiger partial charge in [0.15, 0.2) is 0 Å². The molecular formula is C12H18N2O. The van der Waals surface area contributed by atoms with Gasteiger partial charge < -0.3 is 10.6 Å². The van der Waals surface area contributed by atoms with Crippen LogP contribution in [0.15, 0.2) is 24.3 Å². The van der Waals surface area contributed by atoms with Gasteiger partial charge in [-0.1, -0.05) is 19.1 Å². The van der Waals surface area contributed by atoms with E-state index in [0.29, 0.717) is 13.0 Å². The van der Waals surface area contributed by atoms with Crippen LogP contribution >= 0.6 is 0 Å². The fourth-order valence-electron chi connectivity index (χ4n) is 1.43. The maximum atomic E-state index is 11.4. The molecule has 0 saturated heterocycles. The highest BCUT2D eigenvalue weighted by Gasteiger charge is 2.07. The molecule has 0 saturated carbocycles. The number of hydrogen-bond donors (Lipinski definition) is 1. The molecule has 2 N–H and O–H groups in total. The van der Waals surface area contributed by atoms with Crippen molar-refractivity contribution in [3.8, 4) is 0 Å². The molecule has 3 heteroatoms. The number of anilines is 1. The number of nitrogens with zero attached hydrogens (tertiary/aromatic N) is 1. The molecule has 0 aliphatic carbocycles. The Morgan fingerprint density at radius 2 is 1.93 bits per heavy atom. The van der Waals surface area contributed by atoms with Crippen LogP contribution in [0.2, 0.25) is 0 Å². The van der Waals surface area contributed by atoms with Crippen LogP contribution in [-0.4, -0.2) is 19.5 Å². The summed E-state index contributed by atoms with van der Waals surface area (Å²) in [4.78, 5) is 13.1. The Balaban J connectivity index is 2.75. The van der Waals surface area contributed by atoms with E-state index in [2.05, 4.69) is 0 Å². The minimum absolute atomic E-state index is 0.126. The fourth-order valence-corrected chi connectivity index (χ4v) is 1.43. The van der Waals surface area contributed by atoms with Crippen molar-refractivity contribution in [2.24, 2.45) is 5.73 Å². The number of carbonyl (C=O) groups excluding carboxylic acids is 1. The van der Waals surface area contributed by atoms with Crippen molar-refractivity contribution < 1.29 is 4.79 Å². The predicted octanol–water partition coefficient (Wildman–Crippen LogP) is 1.56. The van der Waals surface area contributed by atoms with Crippen molar-refractivity contribution in [2.75, 3.05) is 18.5 Å². The number of hydrogen-bond acceptors (Lipinski definition) is 2. The molecule has 0 aromatic heterocycles. The highest BCUT2D eigenvalue weighted by molar-refractivity contribution is 5.92. The zero-order valence-corrected chi connectivity index (χ0v) is 9.36. The first-order chi connectivity index (χ1) is 7.19. The van der Waals surface area contributed by atoms with Crippen molar-refractivity contribution in [3.05, 3.63) is 29.8 Å². The molecule has 0 heterocycles. The average Bonchev–Trinajstić information content (AvgIpc) is 2.28. The third kappa shape index (κ3) is 3.06. The van der Waals surface area contributed by atoms with Crippen LogP contribution in [0.3, 0.4) is 0 Å². The summed E-state index contributed by atoms with van der Waals surface area (Å²) in [5.74, 6) is 0.126. The molecular weight excluding hydrogens is 188 g/mol. The van der Waals surface area contributed by atoms with Gasteiger partial charge in [0.2, 0.25) is 5.91 Å². The predicted molar refractivity (Wildman–Crippen MR) is 62.9 cm³/mol. The van der Waals surface area contributed by atoms with Gasteiger partial charge in [-0.15, -0.1) is 0 Å². The van der Waals surface area contributed by atoms with Crippen LogP contribution in [0, 0.1) is 0 Å². The summed E-state index contributed by atoms with van der Waals surface area (Å²) in [7, 11) is 1.80. The molecule has 0 spiro atoms. The van der Waals surface area contributed by atoms with Crippen LogP contribution in [0.25, 0.3) is 0 Å². The lowest BCUT2D eigenvalue weighted by Gasteiger charge is -2.16. The van der Waals surface area contributed by atoms with E-state index in [9.17, 15) is 4.79 Å². The molecule has 1 aromatic carbocycles. The van der Waals surface area contributed by atoms with Gasteiger partial charge in [0.05, 0.1) is 0 Å². The Kier molecular flexibility index (Phi) is 4.31. The maximum Gasteiger partial charge on any atom is 0.226 e. The van der Waals surface area contributed by atoms with Gasteiger partial charge in [-0.3, -0.25) is 4.79 Å². The average molecular weight is 206 g/mol. The molecule has 1 aromatic rings. The normalized spacial score (nSPS) is 10.1. The molecule has 82 valence electrons. The van der Waals surface area contributed by atoms with E-state index in [0.717, 1.165) is 12.1 Å². The van der Waals surface area contributed by atoms with Crippen LogP contribution in [-0.2, 0) is 11.2 Å². The Morgan fingerprint density at radius 3 is 2.40 bits per heavy atom. The van der Waals surface area contributed by atoms with E-state index in [1.165, 1.54) is 5.56 Å². The number of carbonyl (C=O) groups is 1. The number of nitrogens with two attached hydrogens (primary N) is 1. The lowest BCUT2D eigenvalue weighted by atomic mass is 10.1. The number of benzene rings is 1. The van der Waals surface area contributed by atoms with Gasteiger partial charge >= 0.3 is 0 Å². The molecule has 0 atom stereocenters. The van der Waals surface area contributed by atoms with E-state index in [-0.39, 0.29) is 5.91 Å². The molecule has 1 amide bonds. The Labute approximate surface area is 90.9 Å².